The lowest BCUT2D eigenvalue weighted by Crippen LogP contribution is -2.53. The average molecular weight is 245 g/mol. The predicted molar refractivity (Wildman–Crippen MR) is 64.8 cm³/mol. The van der Waals surface area contributed by atoms with Crippen LogP contribution in [0.2, 0.25) is 0 Å². The van der Waals surface area contributed by atoms with Crippen molar-refractivity contribution in [3.8, 4) is 0 Å². The van der Waals surface area contributed by atoms with Gasteiger partial charge in [-0.05, 0) is 34.1 Å². The number of carboxylic acids is 1. The van der Waals surface area contributed by atoms with Crippen molar-refractivity contribution in [1.82, 2.24) is 5.32 Å². The first-order valence-corrected chi connectivity index (χ1v) is 5.79. The maximum absolute atomic E-state index is 11.6. The molecule has 0 aromatic rings. The molecular formula is C12H23NO4. The molecule has 0 bridgehead atoms. The zero-order valence-corrected chi connectivity index (χ0v) is 11.3. The lowest BCUT2D eigenvalue weighted by atomic mass is 9.96. The highest BCUT2D eigenvalue weighted by Gasteiger charge is 2.33. The lowest BCUT2D eigenvalue weighted by molar-refractivity contribution is -0.148. The fraction of sp³-hybridized carbons (Fsp3) is 0.833. The molecular weight excluding hydrogens is 222 g/mol. The number of carbonyl (C=O) groups excluding carboxylic acids is 1. The van der Waals surface area contributed by atoms with Crippen LogP contribution in [-0.4, -0.2) is 34.7 Å². The van der Waals surface area contributed by atoms with E-state index in [9.17, 15) is 9.59 Å². The summed E-state index contributed by atoms with van der Waals surface area (Å²) >= 11 is 0. The number of carboxylic acid groups (broad SMARTS) is 1. The SMILES string of the molecule is CCCC(C)(NC(=O)COC(C)(C)C)C(=O)O. The minimum Gasteiger partial charge on any atom is -0.480 e. The van der Waals surface area contributed by atoms with Gasteiger partial charge in [0.05, 0.1) is 5.60 Å². The molecule has 17 heavy (non-hydrogen) atoms. The molecule has 5 heteroatoms. The molecule has 1 unspecified atom stereocenters. The summed E-state index contributed by atoms with van der Waals surface area (Å²) in [7, 11) is 0. The van der Waals surface area contributed by atoms with E-state index in [0.717, 1.165) is 0 Å². The smallest absolute Gasteiger partial charge is 0.329 e. The van der Waals surface area contributed by atoms with E-state index in [-0.39, 0.29) is 6.61 Å². The first-order chi connectivity index (χ1) is 7.60. The van der Waals surface area contributed by atoms with Gasteiger partial charge in [0.2, 0.25) is 5.91 Å². The van der Waals surface area contributed by atoms with Crippen LogP contribution in [0.15, 0.2) is 0 Å². The molecule has 0 aromatic heterocycles. The van der Waals surface area contributed by atoms with Gasteiger partial charge in [0.1, 0.15) is 12.1 Å². The third-order valence-electron chi connectivity index (χ3n) is 2.27. The van der Waals surface area contributed by atoms with Crippen molar-refractivity contribution in [3.05, 3.63) is 0 Å². The number of ether oxygens (including phenoxy) is 1. The van der Waals surface area contributed by atoms with Gasteiger partial charge in [0, 0.05) is 0 Å². The quantitative estimate of drug-likeness (QED) is 0.744. The van der Waals surface area contributed by atoms with Crippen LogP contribution in [-0.2, 0) is 14.3 Å². The molecule has 0 heterocycles. The van der Waals surface area contributed by atoms with E-state index >= 15 is 0 Å². The molecule has 0 saturated heterocycles. The van der Waals surface area contributed by atoms with E-state index in [0.29, 0.717) is 12.8 Å². The fourth-order valence-electron chi connectivity index (χ4n) is 1.35. The van der Waals surface area contributed by atoms with Crippen molar-refractivity contribution in [1.29, 1.82) is 0 Å². The highest BCUT2D eigenvalue weighted by atomic mass is 16.5. The highest BCUT2D eigenvalue weighted by molar-refractivity contribution is 5.87. The average Bonchev–Trinajstić information content (AvgIpc) is 2.13. The summed E-state index contributed by atoms with van der Waals surface area (Å²) in [5.41, 5.74) is -1.63. The maximum Gasteiger partial charge on any atom is 0.329 e. The van der Waals surface area contributed by atoms with E-state index in [2.05, 4.69) is 5.32 Å². The van der Waals surface area contributed by atoms with Gasteiger partial charge in [-0.1, -0.05) is 13.3 Å². The first kappa shape index (κ1) is 15.9. The van der Waals surface area contributed by atoms with Crippen LogP contribution in [0.5, 0.6) is 0 Å². The largest absolute Gasteiger partial charge is 0.480 e. The van der Waals surface area contributed by atoms with Gasteiger partial charge >= 0.3 is 5.97 Å². The number of rotatable bonds is 6. The van der Waals surface area contributed by atoms with Gasteiger partial charge in [-0.25, -0.2) is 4.79 Å². The normalized spacial score (nSPS) is 15.1. The Morgan fingerprint density at radius 3 is 2.12 bits per heavy atom. The number of hydrogen-bond acceptors (Lipinski definition) is 3. The second-order valence-corrected chi connectivity index (χ2v) is 5.34. The molecule has 0 saturated carbocycles. The van der Waals surface area contributed by atoms with Gasteiger partial charge in [0.25, 0.3) is 0 Å². The minimum atomic E-state index is -1.22. The molecule has 2 N–H and O–H groups in total. The molecule has 1 amide bonds. The number of carbonyl (C=O) groups is 2. The van der Waals surface area contributed by atoms with Crippen molar-refractivity contribution >= 4 is 11.9 Å². The Bertz CT molecular complexity index is 283. The Kier molecular flexibility index (Phi) is 5.61. The van der Waals surface area contributed by atoms with E-state index in [1.807, 2.05) is 27.7 Å². The molecule has 100 valence electrons. The Labute approximate surface area is 103 Å². The van der Waals surface area contributed by atoms with Gasteiger partial charge in [0.15, 0.2) is 0 Å². The summed E-state index contributed by atoms with van der Waals surface area (Å²) in [6.07, 6.45) is 1.08. The van der Waals surface area contributed by atoms with Crippen LogP contribution < -0.4 is 5.32 Å². The van der Waals surface area contributed by atoms with Gasteiger partial charge in [-0.3, -0.25) is 4.79 Å². The second kappa shape index (κ2) is 6.00. The topological polar surface area (TPSA) is 75.6 Å². The number of nitrogens with one attached hydrogen (secondary N) is 1. The zero-order chi connectivity index (χ0) is 13.7. The molecule has 0 radical (unpaired) electrons. The van der Waals surface area contributed by atoms with Gasteiger partial charge < -0.3 is 15.2 Å². The first-order valence-electron chi connectivity index (χ1n) is 5.79. The van der Waals surface area contributed by atoms with E-state index in [1.54, 1.807) is 0 Å². The van der Waals surface area contributed by atoms with Crippen molar-refractivity contribution in [3.63, 3.8) is 0 Å². The number of hydrogen-bond donors (Lipinski definition) is 2. The molecule has 0 fully saturated rings. The summed E-state index contributed by atoms with van der Waals surface area (Å²) < 4.78 is 5.29. The summed E-state index contributed by atoms with van der Waals surface area (Å²) in [5.74, 6) is -1.43. The van der Waals surface area contributed by atoms with Crippen LogP contribution in [0.1, 0.15) is 47.5 Å². The Morgan fingerprint density at radius 2 is 1.76 bits per heavy atom. The Hall–Kier alpha value is -1.10. The van der Waals surface area contributed by atoms with Gasteiger partial charge in [-0.2, -0.15) is 0 Å². The predicted octanol–water partition coefficient (Wildman–Crippen LogP) is 1.56. The summed E-state index contributed by atoms with van der Waals surface area (Å²) in [6, 6.07) is 0. The zero-order valence-electron chi connectivity index (χ0n) is 11.3. The molecule has 0 aliphatic carbocycles. The highest BCUT2D eigenvalue weighted by Crippen LogP contribution is 2.13. The Balaban J connectivity index is 4.38. The van der Waals surface area contributed by atoms with Crippen LogP contribution >= 0.6 is 0 Å². The molecule has 5 nitrogen and oxygen atoms in total. The third-order valence-corrected chi connectivity index (χ3v) is 2.27. The van der Waals surface area contributed by atoms with Crippen LogP contribution in [0.4, 0.5) is 0 Å². The monoisotopic (exact) mass is 245 g/mol. The van der Waals surface area contributed by atoms with Crippen molar-refractivity contribution < 1.29 is 19.4 Å². The molecule has 0 rings (SSSR count). The molecule has 0 aromatic carbocycles. The standard InChI is InChI=1S/C12H23NO4/c1-6-7-12(5,10(15)16)13-9(14)8-17-11(2,3)4/h6-8H2,1-5H3,(H,13,14)(H,15,16). The maximum atomic E-state index is 11.6. The van der Waals surface area contributed by atoms with E-state index < -0.39 is 23.0 Å². The van der Waals surface area contributed by atoms with Crippen LogP contribution in [0.25, 0.3) is 0 Å². The fourth-order valence-corrected chi connectivity index (χ4v) is 1.35. The van der Waals surface area contributed by atoms with Gasteiger partial charge in [-0.15, -0.1) is 0 Å². The summed E-state index contributed by atoms with van der Waals surface area (Å²) in [4.78, 5) is 22.7. The number of amides is 1. The lowest BCUT2D eigenvalue weighted by Gasteiger charge is -2.27. The molecule has 0 spiro atoms. The van der Waals surface area contributed by atoms with Crippen molar-refractivity contribution in [2.45, 2.75) is 58.6 Å². The minimum absolute atomic E-state index is 0.129. The molecule has 0 aliphatic rings. The van der Waals surface area contributed by atoms with E-state index in [4.69, 9.17) is 9.84 Å². The Morgan fingerprint density at radius 1 is 1.24 bits per heavy atom. The second-order valence-electron chi connectivity index (χ2n) is 5.34. The van der Waals surface area contributed by atoms with E-state index in [1.165, 1.54) is 6.92 Å². The van der Waals surface area contributed by atoms with Crippen LogP contribution in [0.3, 0.4) is 0 Å². The number of aliphatic carboxylic acids is 1. The molecule has 0 aliphatic heterocycles. The third kappa shape index (κ3) is 6.26. The van der Waals surface area contributed by atoms with Crippen LogP contribution in [0, 0.1) is 0 Å². The molecule has 1 atom stereocenters. The summed E-state index contributed by atoms with van der Waals surface area (Å²) in [6.45, 7) is 8.76. The van der Waals surface area contributed by atoms with Crippen molar-refractivity contribution in [2.75, 3.05) is 6.61 Å². The summed E-state index contributed by atoms with van der Waals surface area (Å²) in [5, 5.41) is 11.6. The van der Waals surface area contributed by atoms with Crippen molar-refractivity contribution in [2.24, 2.45) is 0 Å².